The van der Waals surface area contributed by atoms with Gasteiger partial charge in [-0.1, -0.05) is 6.07 Å². The Morgan fingerprint density at radius 1 is 1.38 bits per heavy atom. The van der Waals surface area contributed by atoms with Gasteiger partial charge in [-0.15, -0.1) is 0 Å². The van der Waals surface area contributed by atoms with Gasteiger partial charge in [-0.2, -0.15) is 0 Å². The van der Waals surface area contributed by atoms with Gasteiger partial charge in [0.15, 0.2) is 11.5 Å². The number of aliphatic hydroxyl groups is 1. The van der Waals surface area contributed by atoms with E-state index in [4.69, 9.17) is 9.47 Å². The first kappa shape index (κ1) is 13.4. The summed E-state index contributed by atoms with van der Waals surface area (Å²) < 4.78 is 11.8. The fourth-order valence-corrected chi connectivity index (χ4v) is 4.50. The summed E-state index contributed by atoms with van der Waals surface area (Å²) >= 11 is 0. The SMILES string of the molecule is COc1ccc2c3c1OC1C[C@@H](O)CC[C@]31CCN(C)C2. The summed E-state index contributed by atoms with van der Waals surface area (Å²) in [6, 6.07) is 4.22. The van der Waals surface area contributed by atoms with E-state index >= 15 is 0 Å². The molecule has 0 amide bonds. The van der Waals surface area contributed by atoms with Crippen molar-refractivity contribution in [3.8, 4) is 11.5 Å². The highest BCUT2D eigenvalue weighted by atomic mass is 16.5. The Hall–Kier alpha value is -1.26. The molecule has 1 unspecified atom stereocenters. The maximum absolute atomic E-state index is 10.1. The van der Waals surface area contributed by atoms with Gasteiger partial charge in [0.1, 0.15) is 6.10 Å². The first-order chi connectivity index (χ1) is 10.1. The number of hydrogen-bond acceptors (Lipinski definition) is 4. The number of hydrogen-bond donors (Lipinski definition) is 1. The lowest BCUT2D eigenvalue weighted by Gasteiger charge is -2.40. The zero-order chi connectivity index (χ0) is 14.6. The normalized spacial score (nSPS) is 34.6. The second-order valence-electron chi connectivity index (χ2n) is 6.81. The molecule has 4 rings (SSSR count). The zero-order valence-electron chi connectivity index (χ0n) is 12.8. The summed E-state index contributed by atoms with van der Waals surface area (Å²) in [5.74, 6) is 1.77. The average molecular weight is 289 g/mol. The molecule has 3 aliphatic rings. The molecule has 1 aromatic carbocycles. The quantitative estimate of drug-likeness (QED) is 0.859. The molecule has 1 N–H and O–H groups in total. The molecule has 1 saturated carbocycles. The van der Waals surface area contributed by atoms with E-state index in [0.717, 1.165) is 50.3 Å². The van der Waals surface area contributed by atoms with E-state index in [1.807, 2.05) is 6.07 Å². The number of nitrogens with zero attached hydrogens (tertiary/aromatic N) is 1. The van der Waals surface area contributed by atoms with Crippen LogP contribution in [-0.4, -0.2) is 42.9 Å². The van der Waals surface area contributed by atoms with Crippen LogP contribution < -0.4 is 9.47 Å². The zero-order valence-corrected chi connectivity index (χ0v) is 12.8. The fraction of sp³-hybridized carbons (Fsp3) is 0.647. The molecule has 1 fully saturated rings. The van der Waals surface area contributed by atoms with Crippen molar-refractivity contribution in [2.75, 3.05) is 20.7 Å². The van der Waals surface area contributed by atoms with E-state index < -0.39 is 0 Å². The molecule has 2 aliphatic heterocycles. The molecule has 0 radical (unpaired) electrons. The molecule has 0 aromatic heterocycles. The summed E-state index contributed by atoms with van der Waals surface area (Å²) in [4.78, 5) is 2.39. The minimum atomic E-state index is -0.231. The number of methoxy groups -OCH3 is 1. The van der Waals surface area contributed by atoms with Crippen LogP contribution in [-0.2, 0) is 12.0 Å². The Morgan fingerprint density at radius 3 is 3.05 bits per heavy atom. The summed E-state index contributed by atoms with van der Waals surface area (Å²) in [5.41, 5.74) is 2.80. The summed E-state index contributed by atoms with van der Waals surface area (Å²) in [6.07, 6.45) is 3.59. The van der Waals surface area contributed by atoms with E-state index in [1.165, 1.54) is 11.1 Å². The van der Waals surface area contributed by atoms with Gasteiger partial charge in [-0.25, -0.2) is 0 Å². The first-order valence-electron chi connectivity index (χ1n) is 7.87. The second-order valence-corrected chi connectivity index (χ2v) is 6.81. The van der Waals surface area contributed by atoms with Crippen LogP contribution in [0.3, 0.4) is 0 Å². The smallest absolute Gasteiger partial charge is 0.165 e. The van der Waals surface area contributed by atoms with Gasteiger partial charge < -0.3 is 19.5 Å². The first-order valence-corrected chi connectivity index (χ1v) is 7.87. The molecule has 21 heavy (non-hydrogen) atoms. The van der Waals surface area contributed by atoms with Crippen LogP contribution in [0.2, 0.25) is 0 Å². The molecule has 114 valence electrons. The predicted octanol–water partition coefficient (Wildman–Crippen LogP) is 2.07. The van der Waals surface area contributed by atoms with Gasteiger partial charge in [0.05, 0.1) is 13.2 Å². The minimum Gasteiger partial charge on any atom is -0.493 e. The van der Waals surface area contributed by atoms with Crippen LogP contribution in [0.1, 0.15) is 36.8 Å². The highest BCUT2D eigenvalue weighted by Gasteiger charge is 2.54. The maximum Gasteiger partial charge on any atom is 0.165 e. The van der Waals surface area contributed by atoms with Crippen molar-refractivity contribution in [3.63, 3.8) is 0 Å². The lowest BCUT2D eigenvalue weighted by Crippen LogP contribution is -2.45. The highest BCUT2D eigenvalue weighted by Crippen LogP contribution is 2.57. The van der Waals surface area contributed by atoms with E-state index in [-0.39, 0.29) is 17.6 Å². The summed E-state index contributed by atoms with van der Waals surface area (Å²) in [7, 11) is 3.88. The van der Waals surface area contributed by atoms with E-state index in [0.29, 0.717) is 0 Å². The van der Waals surface area contributed by atoms with Gasteiger partial charge in [0, 0.05) is 23.9 Å². The van der Waals surface area contributed by atoms with Crippen LogP contribution in [0.15, 0.2) is 12.1 Å². The average Bonchev–Trinajstić information content (AvgIpc) is 2.72. The van der Waals surface area contributed by atoms with Crippen LogP contribution in [0, 0.1) is 0 Å². The number of rotatable bonds is 1. The van der Waals surface area contributed by atoms with E-state index in [9.17, 15) is 5.11 Å². The molecule has 4 heteroatoms. The Kier molecular flexibility index (Phi) is 2.95. The molecule has 3 atom stereocenters. The molecular formula is C17H23NO3. The molecule has 1 aromatic rings. The molecule has 4 nitrogen and oxygen atoms in total. The topological polar surface area (TPSA) is 41.9 Å². The van der Waals surface area contributed by atoms with Crippen molar-refractivity contribution in [2.45, 2.75) is 49.9 Å². The van der Waals surface area contributed by atoms with Crippen molar-refractivity contribution in [1.29, 1.82) is 0 Å². The van der Waals surface area contributed by atoms with E-state index in [2.05, 4.69) is 18.0 Å². The van der Waals surface area contributed by atoms with Gasteiger partial charge >= 0.3 is 0 Å². The Bertz CT molecular complexity index is 573. The van der Waals surface area contributed by atoms with Crippen molar-refractivity contribution < 1.29 is 14.6 Å². The molecule has 0 bridgehead atoms. The third-order valence-corrected chi connectivity index (χ3v) is 5.59. The lowest BCUT2D eigenvalue weighted by molar-refractivity contribution is 0.0120. The molecular weight excluding hydrogens is 266 g/mol. The molecule has 2 heterocycles. The molecule has 0 saturated heterocycles. The van der Waals surface area contributed by atoms with Crippen LogP contribution in [0.25, 0.3) is 0 Å². The second kappa shape index (κ2) is 4.62. The summed E-state index contributed by atoms with van der Waals surface area (Å²) in [6.45, 7) is 2.04. The number of ether oxygens (including phenoxy) is 2. The van der Waals surface area contributed by atoms with Gasteiger partial charge in [-0.05, 0) is 44.5 Å². The van der Waals surface area contributed by atoms with Gasteiger partial charge in [0.25, 0.3) is 0 Å². The highest BCUT2D eigenvalue weighted by molar-refractivity contribution is 5.58. The molecule has 1 aliphatic carbocycles. The van der Waals surface area contributed by atoms with Crippen molar-refractivity contribution in [2.24, 2.45) is 0 Å². The Labute approximate surface area is 125 Å². The fourth-order valence-electron chi connectivity index (χ4n) is 4.50. The van der Waals surface area contributed by atoms with Crippen molar-refractivity contribution in [3.05, 3.63) is 23.3 Å². The van der Waals surface area contributed by atoms with Crippen LogP contribution in [0.4, 0.5) is 0 Å². The Balaban J connectivity index is 1.90. The van der Waals surface area contributed by atoms with Crippen LogP contribution >= 0.6 is 0 Å². The Morgan fingerprint density at radius 2 is 2.24 bits per heavy atom. The third kappa shape index (κ3) is 1.82. The maximum atomic E-state index is 10.1. The minimum absolute atomic E-state index is 0.0726. The van der Waals surface area contributed by atoms with Crippen molar-refractivity contribution >= 4 is 0 Å². The third-order valence-electron chi connectivity index (χ3n) is 5.59. The largest absolute Gasteiger partial charge is 0.493 e. The monoisotopic (exact) mass is 289 g/mol. The van der Waals surface area contributed by atoms with E-state index in [1.54, 1.807) is 7.11 Å². The lowest BCUT2D eigenvalue weighted by atomic mass is 9.65. The van der Waals surface area contributed by atoms with Crippen LogP contribution in [0.5, 0.6) is 11.5 Å². The number of benzene rings is 1. The predicted molar refractivity (Wildman–Crippen MR) is 79.9 cm³/mol. The van der Waals surface area contributed by atoms with Gasteiger partial charge in [0.2, 0.25) is 0 Å². The standard InChI is InChI=1S/C17H23NO3/c1-18-8-7-17-6-5-12(19)9-14(17)21-16-13(20-2)4-3-11(10-18)15(16)17/h3-4,12,14,19H,5-10H2,1-2H3/t12-,14?,17+/m0/s1. The summed E-state index contributed by atoms with van der Waals surface area (Å²) in [5, 5.41) is 10.1. The number of aliphatic hydroxyl groups excluding tert-OH is 1. The van der Waals surface area contributed by atoms with Gasteiger partial charge in [-0.3, -0.25) is 0 Å². The molecule has 1 spiro atoms. The van der Waals surface area contributed by atoms with Crippen molar-refractivity contribution in [1.82, 2.24) is 4.90 Å².